The highest BCUT2D eigenvalue weighted by Gasteiger charge is 2.53. The Morgan fingerprint density at radius 2 is 1.63 bits per heavy atom. The maximum Gasteiger partial charge on any atom is 0.433 e. The summed E-state index contributed by atoms with van der Waals surface area (Å²) in [4.78, 5) is 14.6. The number of aliphatic hydroxyl groups is 1. The number of amides is 1. The van der Waals surface area contributed by atoms with Gasteiger partial charge in [-0.2, -0.15) is 39.5 Å². The van der Waals surface area contributed by atoms with E-state index in [-0.39, 0.29) is 6.92 Å². The van der Waals surface area contributed by atoms with Gasteiger partial charge in [0.25, 0.3) is 5.91 Å². The van der Waals surface area contributed by atoms with Crippen LogP contribution in [0.25, 0.3) is 0 Å². The van der Waals surface area contributed by atoms with E-state index in [9.17, 15) is 49.4 Å². The Labute approximate surface area is 146 Å². The van der Waals surface area contributed by atoms with Gasteiger partial charge in [0.2, 0.25) is 0 Å². The minimum atomic E-state index is -5.59. The SMILES string of the molecule is CC1(N)CC(C(F)(F)F)=C(C(F)(F)F)N=C1C(=O)NC[C@](C)(O)C(F)(F)F. The number of nitrogens with zero attached hydrogens (tertiary/aromatic N) is 1. The third-order valence-corrected chi connectivity index (χ3v) is 3.62. The second-order valence-corrected chi connectivity index (χ2v) is 6.33. The second-order valence-electron chi connectivity index (χ2n) is 6.33. The largest absolute Gasteiger partial charge is 0.433 e. The first kappa shape index (κ1) is 23.2. The molecule has 0 aliphatic carbocycles. The number of carbonyl (C=O) groups is 1. The van der Waals surface area contributed by atoms with Crippen molar-refractivity contribution >= 4 is 11.6 Å². The number of carbonyl (C=O) groups excluding carboxylic acids is 1. The van der Waals surface area contributed by atoms with E-state index in [4.69, 9.17) is 5.73 Å². The van der Waals surface area contributed by atoms with Gasteiger partial charge < -0.3 is 16.2 Å². The molecule has 2 atom stereocenters. The number of halogens is 9. The van der Waals surface area contributed by atoms with Crippen LogP contribution in [0.4, 0.5) is 39.5 Å². The monoisotopic (exact) mass is 415 g/mol. The van der Waals surface area contributed by atoms with Crippen molar-refractivity contribution in [1.82, 2.24) is 5.32 Å². The van der Waals surface area contributed by atoms with Crippen LogP contribution in [0, 0.1) is 0 Å². The van der Waals surface area contributed by atoms with Crippen molar-refractivity contribution in [2.45, 2.75) is 49.9 Å². The van der Waals surface area contributed by atoms with Gasteiger partial charge in [-0.1, -0.05) is 0 Å². The number of rotatable bonds is 3. The smallest absolute Gasteiger partial charge is 0.379 e. The lowest BCUT2D eigenvalue weighted by Gasteiger charge is -2.34. The van der Waals surface area contributed by atoms with Crippen LogP contribution in [-0.4, -0.2) is 52.9 Å². The van der Waals surface area contributed by atoms with Gasteiger partial charge in [-0.25, -0.2) is 4.99 Å². The number of allylic oxidation sites excluding steroid dienone is 1. The van der Waals surface area contributed by atoms with Gasteiger partial charge in [-0.05, 0) is 13.8 Å². The minimum Gasteiger partial charge on any atom is -0.379 e. The molecule has 0 saturated heterocycles. The first-order valence-corrected chi connectivity index (χ1v) is 7.03. The third-order valence-electron chi connectivity index (χ3n) is 3.62. The number of alkyl halides is 9. The Hall–Kier alpha value is -1.83. The Bertz CT molecular complexity index is 670. The second kappa shape index (κ2) is 6.65. The van der Waals surface area contributed by atoms with Crippen LogP contribution in [0.3, 0.4) is 0 Å². The molecule has 1 unspecified atom stereocenters. The Kier molecular flexibility index (Phi) is 5.72. The molecule has 0 radical (unpaired) electrons. The zero-order chi connectivity index (χ0) is 21.6. The molecule has 0 fully saturated rings. The fraction of sp³-hybridized carbons (Fsp3) is 0.692. The zero-order valence-corrected chi connectivity index (χ0v) is 13.7. The van der Waals surface area contributed by atoms with Crippen molar-refractivity contribution in [3.8, 4) is 0 Å². The Balaban J connectivity index is 3.31. The van der Waals surface area contributed by atoms with Crippen LogP contribution in [0.2, 0.25) is 0 Å². The minimum absolute atomic E-state index is 0.278. The predicted octanol–water partition coefficient (Wildman–Crippen LogP) is 2.36. The van der Waals surface area contributed by atoms with Crippen molar-refractivity contribution in [1.29, 1.82) is 0 Å². The molecule has 1 aliphatic heterocycles. The standard InChI is InChI=1S/C13H14F9N3O2/c1-9(23)3-5(11(14,15)16)6(12(17,18)19)25-7(9)8(26)24-4-10(2,27)13(20,21)22/h27H,3-4,23H2,1-2H3,(H,24,26)/t9?,10-/m0/s1. The lowest BCUT2D eigenvalue weighted by Crippen LogP contribution is -2.58. The van der Waals surface area contributed by atoms with E-state index in [0.717, 1.165) is 6.92 Å². The summed E-state index contributed by atoms with van der Waals surface area (Å²) in [7, 11) is 0. The molecule has 0 spiro atoms. The normalized spacial score (nSPS) is 24.4. The van der Waals surface area contributed by atoms with Crippen molar-refractivity contribution in [2.75, 3.05) is 6.54 Å². The van der Waals surface area contributed by atoms with Gasteiger partial charge in [0, 0.05) is 6.42 Å². The first-order chi connectivity index (χ1) is 11.7. The number of hydrogen-bond donors (Lipinski definition) is 3. The van der Waals surface area contributed by atoms with Gasteiger partial charge >= 0.3 is 18.5 Å². The predicted molar refractivity (Wildman–Crippen MR) is 73.5 cm³/mol. The summed E-state index contributed by atoms with van der Waals surface area (Å²) in [5.41, 5.74) is -6.11. The Morgan fingerprint density at radius 1 is 1.15 bits per heavy atom. The molecule has 0 aromatic rings. The van der Waals surface area contributed by atoms with E-state index >= 15 is 0 Å². The maximum absolute atomic E-state index is 12.9. The van der Waals surface area contributed by atoms with E-state index in [1.807, 2.05) is 0 Å². The van der Waals surface area contributed by atoms with Crippen molar-refractivity contribution in [3.63, 3.8) is 0 Å². The fourth-order valence-electron chi connectivity index (χ4n) is 2.06. The summed E-state index contributed by atoms with van der Waals surface area (Å²) < 4.78 is 115. The van der Waals surface area contributed by atoms with Gasteiger partial charge in [0.1, 0.15) is 5.71 Å². The molecule has 0 aromatic heterocycles. The molecule has 0 bridgehead atoms. The third kappa shape index (κ3) is 5.12. The summed E-state index contributed by atoms with van der Waals surface area (Å²) in [6.45, 7) is -0.436. The summed E-state index contributed by atoms with van der Waals surface area (Å²) in [6, 6.07) is 0. The van der Waals surface area contributed by atoms with Crippen molar-refractivity contribution in [2.24, 2.45) is 10.7 Å². The molecule has 1 heterocycles. The zero-order valence-electron chi connectivity index (χ0n) is 13.7. The molecule has 27 heavy (non-hydrogen) atoms. The number of nitrogens with two attached hydrogens (primary N) is 1. The van der Waals surface area contributed by atoms with Crippen LogP contribution in [-0.2, 0) is 4.79 Å². The number of aliphatic imine (C=N–C) groups is 1. The molecule has 1 rings (SSSR count). The lowest BCUT2D eigenvalue weighted by atomic mass is 9.84. The van der Waals surface area contributed by atoms with Crippen LogP contribution >= 0.6 is 0 Å². The quantitative estimate of drug-likeness (QED) is 0.619. The average molecular weight is 415 g/mol. The molecule has 5 nitrogen and oxygen atoms in total. The highest BCUT2D eigenvalue weighted by Crippen LogP contribution is 2.43. The van der Waals surface area contributed by atoms with E-state index in [1.54, 1.807) is 0 Å². The van der Waals surface area contributed by atoms with Crippen molar-refractivity contribution in [3.05, 3.63) is 11.3 Å². The van der Waals surface area contributed by atoms with E-state index < -0.39 is 65.5 Å². The van der Waals surface area contributed by atoms with Crippen LogP contribution in [0.1, 0.15) is 20.3 Å². The van der Waals surface area contributed by atoms with Crippen LogP contribution in [0.15, 0.2) is 16.3 Å². The van der Waals surface area contributed by atoms with E-state index in [1.165, 1.54) is 5.32 Å². The summed E-state index contributed by atoms with van der Waals surface area (Å²) in [5.74, 6) is -1.67. The van der Waals surface area contributed by atoms with Gasteiger partial charge in [-0.15, -0.1) is 0 Å². The highest BCUT2D eigenvalue weighted by atomic mass is 19.4. The number of nitrogens with one attached hydrogen (secondary N) is 1. The van der Waals surface area contributed by atoms with Crippen LogP contribution < -0.4 is 11.1 Å². The summed E-state index contributed by atoms with van der Waals surface area (Å²) in [5, 5.41) is 10.7. The molecule has 14 heteroatoms. The number of hydrogen-bond acceptors (Lipinski definition) is 4. The Morgan fingerprint density at radius 3 is 2.00 bits per heavy atom. The van der Waals surface area contributed by atoms with Gasteiger partial charge in [-0.3, -0.25) is 4.79 Å². The lowest BCUT2D eigenvalue weighted by molar-refractivity contribution is -0.250. The molecule has 0 saturated carbocycles. The summed E-state index contributed by atoms with van der Waals surface area (Å²) >= 11 is 0. The molecule has 1 amide bonds. The molecule has 0 aromatic carbocycles. The first-order valence-electron chi connectivity index (χ1n) is 7.03. The molecular weight excluding hydrogens is 401 g/mol. The van der Waals surface area contributed by atoms with E-state index in [2.05, 4.69) is 4.99 Å². The topological polar surface area (TPSA) is 87.7 Å². The van der Waals surface area contributed by atoms with Gasteiger partial charge in [0.15, 0.2) is 11.3 Å². The maximum atomic E-state index is 12.9. The van der Waals surface area contributed by atoms with Crippen LogP contribution in [0.5, 0.6) is 0 Å². The molecule has 156 valence electrons. The molecular formula is C13H14F9N3O2. The molecule has 1 aliphatic rings. The highest BCUT2D eigenvalue weighted by molar-refractivity contribution is 6.42. The van der Waals surface area contributed by atoms with Crippen molar-refractivity contribution < 1.29 is 49.4 Å². The summed E-state index contributed by atoms with van der Waals surface area (Å²) in [6.07, 6.45) is -17.7. The van der Waals surface area contributed by atoms with Gasteiger partial charge in [0.05, 0.1) is 17.7 Å². The average Bonchev–Trinajstić information content (AvgIpc) is 2.40. The fourth-order valence-corrected chi connectivity index (χ4v) is 2.06. The van der Waals surface area contributed by atoms with E-state index in [0.29, 0.717) is 0 Å². The molecule has 4 N–H and O–H groups in total.